The molecule has 2 aliphatic rings. The molecule has 3 unspecified atom stereocenters. The van der Waals surface area contributed by atoms with Crippen LogP contribution in [0, 0.1) is 5.92 Å². The minimum absolute atomic E-state index is 0.340. The minimum atomic E-state index is -4.45. The second-order valence-electron chi connectivity index (χ2n) is 6.46. The van der Waals surface area contributed by atoms with E-state index in [-0.39, 0.29) is 5.91 Å². The van der Waals surface area contributed by atoms with Crippen LogP contribution in [0.2, 0.25) is 0 Å². The summed E-state index contributed by atoms with van der Waals surface area (Å²) in [7, 11) is 0. The van der Waals surface area contributed by atoms with Crippen molar-refractivity contribution < 1.29 is 18.0 Å². The van der Waals surface area contributed by atoms with Gasteiger partial charge in [0.25, 0.3) is 0 Å². The van der Waals surface area contributed by atoms with Crippen LogP contribution in [0.25, 0.3) is 11.0 Å². The first kappa shape index (κ1) is 16.7. The van der Waals surface area contributed by atoms with Crippen LogP contribution in [0.15, 0.2) is 36.3 Å². The summed E-state index contributed by atoms with van der Waals surface area (Å²) < 4.78 is 41.0. The van der Waals surface area contributed by atoms with Gasteiger partial charge in [-0.15, -0.1) is 0 Å². The Morgan fingerprint density at radius 3 is 2.85 bits per heavy atom. The first-order valence-electron chi connectivity index (χ1n) is 8.34. The zero-order valence-corrected chi connectivity index (χ0v) is 13.9. The molecule has 0 bridgehead atoms. The number of allylic oxidation sites excluding steroid dienone is 2. The summed E-state index contributed by atoms with van der Waals surface area (Å²) in [5.74, 6) is -1.81. The minimum Gasteiger partial charge on any atom is -0.349 e. The third kappa shape index (κ3) is 2.67. The molecular weight excluding hydrogens is 347 g/mol. The standard InChI is InChI=1S/C17H16F3N5O/c1-2-5-25-7-11-14(21-8-22-15(11)24-25)13-10-6-9(17(18,19)20)3-4-12(10)23-16(13)26/h3-4,6-8,10,12-13H,2,5H2,1H3,(H,23,26). The molecule has 3 atom stereocenters. The van der Waals surface area contributed by atoms with Crippen molar-refractivity contribution in [3.05, 3.63) is 42.0 Å². The fraction of sp³-hybridized carbons (Fsp3) is 0.412. The number of amides is 1. The smallest absolute Gasteiger partial charge is 0.349 e. The van der Waals surface area contributed by atoms with Gasteiger partial charge in [-0.3, -0.25) is 9.48 Å². The van der Waals surface area contributed by atoms with Gasteiger partial charge in [0.15, 0.2) is 5.65 Å². The van der Waals surface area contributed by atoms with Gasteiger partial charge < -0.3 is 5.32 Å². The van der Waals surface area contributed by atoms with E-state index in [0.29, 0.717) is 23.3 Å². The molecule has 1 N–H and O–H groups in total. The summed E-state index contributed by atoms with van der Waals surface area (Å²) in [6, 6.07) is -0.477. The van der Waals surface area contributed by atoms with E-state index in [2.05, 4.69) is 20.4 Å². The van der Waals surface area contributed by atoms with Gasteiger partial charge in [0.1, 0.15) is 6.33 Å². The number of hydrogen-bond donors (Lipinski definition) is 1. The van der Waals surface area contributed by atoms with Gasteiger partial charge in [-0.05, 0) is 6.42 Å². The molecule has 1 saturated heterocycles. The average molecular weight is 363 g/mol. The van der Waals surface area contributed by atoms with Gasteiger partial charge in [0, 0.05) is 18.7 Å². The van der Waals surface area contributed by atoms with E-state index >= 15 is 0 Å². The lowest BCUT2D eigenvalue weighted by Crippen LogP contribution is -2.29. The topological polar surface area (TPSA) is 72.7 Å². The summed E-state index contributed by atoms with van der Waals surface area (Å²) in [4.78, 5) is 20.9. The lowest BCUT2D eigenvalue weighted by molar-refractivity contribution is -0.120. The van der Waals surface area contributed by atoms with Crippen molar-refractivity contribution in [3.63, 3.8) is 0 Å². The van der Waals surface area contributed by atoms with Crippen molar-refractivity contribution in [2.45, 2.75) is 38.0 Å². The molecule has 1 fully saturated rings. The number of carbonyl (C=O) groups is 1. The molecule has 1 aliphatic heterocycles. The number of nitrogens with zero attached hydrogens (tertiary/aromatic N) is 4. The van der Waals surface area contributed by atoms with Crippen LogP contribution < -0.4 is 5.32 Å². The van der Waals surface area contributed by atoms with Gasteiger partial charge in [-0.25, -0.2) is 9.97 Å². The predicted octanol–water partition coefficient (Wildman–Crippen LogP) is 2.49. The fourth-order valence-corrected chi connectivity index (χ4v) is 3.57. The maximum Gasteiger partial charge on any atom is 0.416 e. The molecule has 9 heteroatoms. The van der Waals surface area contributed by atoms with Crippen LogP contribution >= 0.6 is 0 Å². The Morgan fingerprint density at radius 2 is 2.12 bits per heavy atom. The molecule has 1 amide bonds. The zero-order chi connectivity index (χ0) is 18.5. The summed E-state index contributed by atoms with van der Waals surface area (Å²) in [5, 5.41) is 7.69. The quantitative estimate of drug-likeness (QED) is 0.909. The van der Waals surface area contributed by atoms with Crippen molar-refractivity contribution in [1.82, 2.24) is 25.1 Å². The van der Waals surface area contributed by atoms with E-state index in [1.54, 1.807) is 10.9 Å². The molecule has 2 aromatic heterocycles. The molecule has 136 valence electrons. The summed E-state index contributed by atoms with van der Waals surface area (Å²) in [6.45, 7) is 2.69. The predicted molar refractivity (Wildman–Crippen MR) is 87.1 cm³/mol. The highest BCUT2D eigenvalue weighted by molar-refractivity contribution is 5.92. The van der Waals surface area contributed by atoms with E-state index in [9.17, 15) is 18.0 Å². The van der Waals surface area contributed by atoms with Crippen LogP contribution in [-0.4, -0.2) is 37.9 Å². The average Bonchev–Trinajstić information content (AvgIpc) is 3.13. The molecule has 0 radical (unpaired) electrons. The van der Waals surface area contributed by atoms with Crippen LogP contribution in [0.5, 0.6) is 0 Å². The van der Waals surface area contributed by atoms with E-state index in [1.807, 2.05) is 6.92 Å². The van der Waals surface area contributed by atoms with Crippen molar-refractivity contribution in [2.24, 2.45) is 5.92 Å². The monoisotopic (exact) mass is 363 g/mol. The number of hydrogen-bond acceptors (Lipinski definition) is 4. The van der Waals surface area contributed by atoms with Crippen molar-refractivity contribution in [2.75, 3.05) is 0 Å². The molecule has 1 aliphatic carbocycles. The van der Waals surface area contributed by atoms with Gasteiger partial charge >= 0.3 is 6.18 Å². The molecular formula is C17H16F3N5O. The second-order valence-corrected chi connectivity index (χ2v) is 6.46. The third-order valence-corrected chi connectivity index (χ3v) is 4.72. The first-order chi connectivity index (χ1) is 12.4. The lowest BCUT2D eigenvalue weighted by atomic mass is 9.82. The Kier molecular flexibility index (Phi) is 3.82. The number of aryl methyl sites for hydroxylation is 1. The van der Waals surface area contributed by atoms with Crippen molar-refractivity contribution >= 4 is 16.9 Å². The second kappa shape index (κ2) is 5.93. The van der Waals surface area contributed by atoms with Crippen LogP contribution in [-0.2, 0) is 11.3 Å². The first-order valence-corrected chi connectivity index (χ1v) is 8.34. The number of rotatable bonds is 3. The van der Waals surface area contributed by atoms with Gasteiger partial charge in [-0.1, -0.05) is 25.2 Å². The number of nitrogens with one attached hydrogen (secondary N) is 1. The van der Waals surface area contributed by atoms with E-state index in [1.165, 1.54) is 12.4 Å². The number of fused-ring (bicyclic) bond motifs is 2. The van der Waals surface area contributed by atoms with Crippen LogP contribution in [0.4, 0.5) is 13.2 Å². The van der Waals surface area contributed by atoms with Crippen molar-refractivity contribution in [1.29, 1.82) is 0 Å². The third-order valence-electron chi connectivity index (χ3n) is 4.72. The Labute approximate surface area is 146 Å². The molecule has 3 heterocycles. The number of carbonyl (C=O) groups excluding carboxylic acids is 1. The molecule has 4 rings (SSSR count). The number of aromatic nitrogens is 4. The zero-order valence-electron chi connectivity index (χ0n) is 13.9. The Balaban J connectivity index is 1.79. The van der Waals surface area contributed by atoms with E-state index < -0.39 is 29.6 Å². The number of alkyl halides is 3. The Hall–Kier alpha value is -2.71. The highest BCUT2D eigenvalue weighted by atomic mass is 19.4. The fourth-order valence-electron chi connectivity index (χ4n) is 3.57. The summed E-state index contributed by atoms with van der Waals surface area (Å²) >= 11 is 0. The maximum absolute atomic E-state index is 13.1. The largest absolute Gasteiger partial charge is 0.416 e. The van der Waals surface area contributed by atoms with Crippen LogP contribution in [0.1, 0.15) is 25.0 Å². The molecule has 2 aromatic rings. The van der Waals surface area contributed by atoms with Gasteiger partial charge in [0.05, 0.1) is 28.6 Å². The molecule has 0 aromatic carbocycles. The Morgan fingerprint density at radius 1 is 1.31 bits per heavy atom. The molecule has 0 saturated carbocycles. The molecule has 26 heavy (non-hydrogen) atoms. The van der Waals surface area contributed by atoms with Gasteiger partial charge in [0.2, 0.25) is 5.91 Å². The lowest BCUT2D eigenvalue weighted by Gasteiger charge is -2.22. The SMILES string of the molecule is CCCn1cc2c(C3C(=O)NC4C=CC(C(F)(F)F)=CC43)ncnc2n1. The van der Waals surface area contributed by atoms with Gasteiger partial charge in [-0.2, -0.15) is 18.3 Å². The molecule has 0 spiro atoms. The highest BCUT2D eigenvalue weighted by Crippen LogP contribution is 2.41. The highest BCUT2D eigenvalue weighted by Gasteiger charge is 2.46. The van der Waals surface area contributed by atoms with Crippen LogP contribution in [0.3, 0.4) is 0 Å². The van der Waals surface area contributed by atoms with E-state index in [0.717, 1.165) is 18.6 Å². The normalized spacial score (nSPS) is 25.3. The summed E-state index contributed by atoms with van der Waals surface area (Å²) in [6.07, 6.45) is 3.00. The van der Waals surface area contributed by atoms with E-state index in [4.69, 9.17) is 0 Å². The Bertz CT molecular complexity index is 930. The van der Waals surface area contributed by atoms with Crippen molar-refractivity contribution in [3.8, 4) is 0 Å². The molecule has 6 nitrogen and oxygen atoms in total. The summed E-state index contributed by atoms with van der Waals surface area (Å²) in [5.41, 5.74) is 0.105. The maximum atomic E-state index is 13.1. The number of halogens is 3.